The minimum absolute atomic E-state index is 0.0195. The van der Waals surface area contributed by atoms with Crippen molar-refractivity contribution in [2.45, 2.75) is 13.5 Å². The molecule has 0 radical (unpaired) electrons. The van der Waals surface area contributed by atoms with Crippen LogP contribution in [-0.4, -0.2) is 16.6 Å². The van der Waals surface area contributed by atoms with Crippen molar-refractivity contribution in [3.63, 3.8) is 0 Å². The molecule has 0 amide bonds. The molecule has 0 aliphatic rings. The van der Waals surface area contributed by atoms with Crippen LogP contribution in [0.2, 0.25) is 0 Å². The summed E-state index contributed by atoms with van der Waals surface area (Å²) in [5, 5.41) is 0. The molecule has 1 aromatic carbocycles. The molecule has 1 aromatic heterocycles. The number of hydrazine groups is 1. The quantitative estimate of drug-likeness (QED) is 0.656. The fraction of sp³-hybridized carbons (Fsp3) is 0.167. The molecule has 1 heterocycles. The molecule has 3 N–H and O–H groups in total. The zero-order valence-electron chi connectivity index (χ0n) is 10.1. The zero-order valence-corrected chi connectivity index (χ0v) is 10.1. The standard InChI is InChI=1S/C12H12F2N4O/c1-7-6-10(18-15)17-11(16-7)8-4-2-3-5-9(8)19-12(13)14/h2-6,12H,15H2,1H3,(H,16,17,18). The monoisotopic (exact) mass is 266 g/mol. The van der Waals surface area contributed by atoms with E-state index in [0.29, 0.717) is 17.1 Å². The van der Waals surface area contributed by atoms with Crippen LogP contribution in [-0.2, 0) is 0 Å². The predicted molar refractivity (Wildman–Crippen MR) is 66.6 cm³/mol. The lowest BCUT2D eigenvalue weighted by molar-refractivity contribution is -0.0494. The molecule has 0 aliphatic carbocycles. The maximum absolute atomic E-state index is 12.3. The topological polar surface area (TPSA) is 73.1 Å². The molecule has 2 rings (SSSR count). The molecule has 7 heteroatoms. The molecule has 0 spiro atoms. The Balaban J connectivity index is 2.49. The van der Waals surface area contributed by atoms with Crippen LogP contribution in [0.3, 0.4) is 0 Å². The van der Waals surface area contributed by atoms with E-state index in [-0.39, 0.29) is 11.6 Å². The first-order chi connectivity index (χ1) is 9.10. The maximum Gasteiger partial charge on any atom is 0.387 e. The molecule has 0 fully saturated rings. The van der Waals surface area contributed by atoms with Crippen LogP contribution < -0.4 is 16.0 Å². The molecule has 0 saturated heterocycles. The van der Waals surface area contributed by atoms with E-state index in [1.54, 1.807) is 31.2 Å². The minimum atomic E-state index is -2.90. The van der Waals surface area contributed by atoms with Gasteiger partial charge in [-0.05, 0) is 19.1 Å². The van der Waals surface area contributed by atoms with Crippen molar-refractivity contribution in [2.75, 3.05) is 5.43 Å². The largest absolute Gasteiger partial charge is 0.434 e. The Morgan fingerprint density at radius 2 is 2.00 bits per heavy atom. The highest BCUT2D eigenvalue weighted by molar-refractivity contribution is 5.65. The summed E-state index contributed by atoms with van der Waals surface area (Å²) in [6.45, 7) is -1.15. The molecule has 5 nitrogen and oxygen atoms in total. The first kappa shape index (κ1) is 13.2. The molecule has 19 heavy (non-hydrogen) atoms. The van der Waals surface area contributed by atoms with Gasteiger partial charge in [0.1, 0.15) is 11.6 Å². The smallest absolute Gasteiger partial charge is 0.387 e. The molecular weight excluding hydrogens is 254 g/mol. The van der Waals surface area contributed by atoms with Crippen LogP contribution in [0.1, 0.15) is 5.69 Å². The van der Waals surface area contributed by atoms with Crippen LogP contribution in [0.4, 0.5) is 14.6 Å². The maximum atomic E-state index is 12.3. The van der Waals surface area contributed by atoms with Gasteiger partial charge in [0.25, 0.3) is 0 Å². The number of alkyl halides is 2. The van der Waals surface area contributed by atoms with E-state index in [1.807, 2.05) is 0 Å². The Labute approximate surface area is 108 Å². The lowest BCUT2D eigenvalue weighted by atomic mass is 10.2. The number of para-hydroxylation sites is 1. The average Bonchev–Trinajstić information content (AvgIpc) is 2.38. The number of nitrogens with two attached hydrogens (primary N) is 1. The van der Waals surface area contributed by atoms with E-state index in [4.69, 9.17) is 5.84 Å². The number of nitrogen functional groups attached to an aromatic ring is 1. The van der Waals surface area contributed by atoms with E-state index in [2.05, 4.69) is 20.1 Å². The van der Waals surface area contributed by atoms with Crippen LogP contribution >= 0.6 is 0 Å². The number of nitrogens with one attached hydrogen (secondary N) is 1. The second kappa shape index (κ2) is 5.57. The normalized spacial score (nSPS) is 10.6. The SMILES string of the molecule is Cc1cc(NN)nc(-c2ccccc2OC(F)F)n1. The first-order valence-corrected chi connectivity index (χ1v) is 5.46. The number of benzene rings is 1. The lowest BCUT2D eigenvalue weighted by Gasteiger charge is -2.10. The number of hydrogen-bond acceptors (Lipinski definition) is 5. The molecule has 0 aliphatic heterocycles. The third-order valence-corrected chi connectivity index (χ3v) is 2.35. The summed E-state index contributed by atoms with van der Waals surface area (Å²) < 4.78 is 29.1. The summed E-state index contributed by atoms with van der Waals surface area (Å²) in [4.78, 5) is 8.31. The third-order valence-electron chi connectivity index (χ3n) is 2.35. The number of aryl methyl sites for hydroxylation is 1. The second-order valence-corrected chi connectivity index (χ2v) is 3.74. The number of halogens is 2. The van der Waals surface area contributed by atoms with E-state index in [9.17, 15) is 8.78 Å². The fourth-order valence-corrected chi connectivity index (χ4v) is 1.61. The Hall–Kier alpha value is -2.28. The average molecular weight is 266 g/mol. The molecule has 2 aromatic rings. The van der Waals surface area contributed by atoms with Crippen LogP contribution in [0.25, 0.3) is 11.4 Å². The Kier molecular flexibility index (Phi) is 3.86. The Bertz CT molecular complexity index is 577. The van der Waals surface area contributed by atoms with Crippen molar-refractivity contribution >= 4 is 5.82 Å². The van der Waals surface area contributed by atoms with Gasteiger partial charge in [0.15, 0.2) is 5.82 Å². The molecule has 100 valence electrons. The number of ether oxygens (including phenoxy) is 1. The second-order valence-electron chi connectivity index (χ2n) is 3.74. The summed E-state index contributed by atoms with van der Waals surface area (Å²) in [6, 6.07) is 7.96. The van der Waals surface area contributed by atoms with Gasteiger partial charge >= 0.3 is 6.61 Å². The van der Waals surface area contributed by atoms with Gasteiger partial charge in [0, 0.05) is 11.8 Å². The summed E-state index contributed by atoms with van der Waals surface area (Å²) in [6.07, 6.45) is 0. The summed E-state index contributed by atoms with van der Waals surface area (Å²) in [7, 11) is 0. The third kappa shape index (κ3) is 3.14. The van der Waals surface area contributed by atoms with Crippen LogP contribution in [0, 0.1) is 6.92 Å². The van der Waals surface area contributed by atoms with Gasteiger partial charge in [-0.2, -0.15) is 8.78 Å². The Morgan fingerprint density at radius 1 is 1.26 bits per heavy atom. The molecule has 0 atom stereocenters. The van der Waals surface area contributed by atoms with Gasteiger partial charge in [-0.3, -0.25) is 0 Å². The van der Waals surface area contributed by atoms with Crippen molar-refractivity contribution in [3.05, 3.63) is 36.0 Å². The van der Waals surface area contributed by atoms with Gasteiger partial charge in [-0.15, -0.1) is 0 Å². The van der Waals surface area contributed by atoms with Gasteiger partial charge in [-0.1, -0.05) is 12.1 Å². The van der Waals surface area contributed by atoms with Gasteiger partial charge in [0.2, 0.25) is 0 Å². The van der Waals surface area contributed by atoms with Gasteiger partial charge in [-0.25, -0.2) is 15.8 Å². The highest BCUT2D eigenvalue weighted by Crippen LogP contribution is 2.29. The summed E-state index contributed by atoms with van der Waals surface area (Å²) in [5.74, 6) is 5.98. The van der Waals surface area contributed by atoms with Crippen LogP contribution in [0.15, 0.2) is 30.3 Å². The fourth-order valence-electron chi connectivity index (χ4n) is 1.61. The van der Waals surface area contributed by atoms with Crippen molar-refractivity contribution in [2.24, 2.45) is 5.84 Å². The molecule has 0 bridgehead atoms. The van der Waals surface area contributed by atoms with E-state index in [0.717, 1.165) is 0 Å². The molecule has 0 unspecified atom stereocenters. The highest BCUT2D eigenvalue weighted by Gasteiger charge is 2.13. The van der Waals surface area contributed by atoms with E-state index >= 15 is 0 Å². The van der Waals surface area contributed by atoms with Crippen molar-refractivity contribution in [3.8, 4) is 17.1 Å². The molecular formula is C12H12F2N4O. The number of hydrogen-bond donors (Lipinski definition) is 2. The number of rotatable bonds is 4. The number of aromatic nitrogens is 2. The van der Waals surface area contributed by atoms with Crippen LogP contribution in [0.5, 0.6) is 5.75 Å². The predicted octanol–water partition coefficient (Wildman–Crippen LogP) is 2.34. The van der Waals surface area contributed by atoms with Crippen molar-refractivity contribution in [1.29, 1.82) is 0 Å². The summed E-state index contributed by atoms with van der Waals surface area (Å²) >= 11 is 0. The van der Waals surface area contributed by atoms with Gasteiger partial charge in [0.05, 0.1) is 5.56 Å². The number of anilines is 1. The van der Waals surface area contributed by atoms with Gasteiger partial charge < -0.3 is 10.2 Å². The first-order valence-electron chi connectivity index (χ1n) is 5.46. The van der Waals surface area contributed by atoms with E-state index in [1.165, 1.54) is 6.07 Å². The zero-order chi connectivity index (χ0) is 13.8. The molecule has 0 saturated carbocycles. The highest BCUT2D eigenvalue weighted by atomic mass is 19.3. The number of nitrogens with zero attached hydrogens (tertiary/aromatic N) is 2. The Morgan fingerprint density at radius 3 is 2.68 bits per heavy atom. The van der Waals surface area contributed by atoms with Crippen molar-refractivity contribution < 1.29 is 13.5 Å². The van der Waals surface area contributed by atoms with Crippen molar-refractivity contribution in [1.82, 2.24) is 9.97 Å². The lowest BCUT2D eigenvalue weighted by Crippen LogP contribution is -2.10. The summed E-state index contributed by atoms with van der Waals surface area (Å²) in [5.41, 5.74) is 3.43. The minimum Gasteiger partial charge on any atom is -0.434 e. The van der Waals surface area contributed by atoms with E-state index < -0.39 is 6.61 Å².